The molecule has 2 heterocycles. The van der Waals surface area contributed by atoms with Crippen LogP contribution in [-0.2, 0) is 16.0 Å². The summed E-state index contributed by atoms with van der Waals surface area (Å²) in [5, 5.41) is 2.91. The van der Waals surface area contributed by atoms with Crippen molar-refractivity contribution in [3.8, 4) is 5.75 Å². The maximum Gasteiger partial charge on any atom is 0.253 e. The molecule has 1 atom stereocenters. The highest BCUT2D eigenvalue weighted by molar-refractivity contribution is 5.94. The number of amides is 1. The van der Waals surface area contributed by atoms with Gasteiger partial charge in [-0.05, 0) is 49.4 Å². The van der Waals surface area contributed by atoms with Crippen LogP contribution in [0.3, 0.4) is 0 Å². The summed E-state index contributed by atoms with van der Waals surface area (Å²) in [6.07, 6.45) is 3.56. The topological polar surface area (TPSA) is 47.6 Å². The molecule has 96 valence electrons. The fourth-order valence-electron chi connectivity index (χ4n) is 2.45. The third-order valence-electron chi connectivity index (χ3n) is 3.40. The lowest BCUT2D eigenvalue weighted by Crippen LogP contribution is -2.26. The second-order valence-corrected chi connectivity index (χ2v) is 4.77. The second-order valence-electron chi connectivity index (χ2n) is 4.77. The molecule has 18 heavy (non-hydrogen) atoms. The first-order valence-corrected chi connectivity index (χ1v) is 6.51. The molecule has 4 heteroatoms. The van der Waals surface area contributed by atoms with Crippen LogP contribution in [0, 0.1) is 0 Å². The molecule has 3 rings (SSSR count). The summed E-state index contributed by atoms with van der Waals surface area (Å²) < 4.78 is 10.9. The van der Waals surface area contributed by atoms with Crippen molar-refractivity contribution in [3.63, 3.8) is 0 Å². The van der Waals surface area contributed by atoms with Crippen molar-refractivity contribution in [2.45, 2.75) is 31.8 Å². The van der Waals surface area contributed by atoms with Crippen LogP contribution in [0.5, 0.6) is 5.75 Å². The molecule has 1 saturated heterocycles. The van der Waals surface area contributed by atoms with Gasteiger partial charge in [0.25, 0.3) is 5.91 Å². The van der Waals surface area contributed by atoms with Gasteiger partial charge in [-0.25, -0.2) is 0 Å². The Bertz CT molecular complexity index is 452. The van der Waals surface area contributed by atoms with E-state index in [2.05, 4.69) is 5.32 Å². The Morgan fingerprint density at radius 3 is 3.06 bits per heavy atom. The quantitative estimate of drug-likeness (QED) is 0.871. The number of nitrogens with one attached hydrogen (secondary N) is 1. The number of aryl methyl sites for hydroxylation is 1. The number of hydrogen-bond donors (Lipinski definition) is 1. The van der Waals surface area contributed by atoms with Gasteiger partial charge in [0.2, 0.25) is 0 Å². The monoisotopic (exact) mass is 247 g/mol. The number of benzene rings is 1. The molecule has 1 unspecified atom stereocenters. The highest BCUT2D eigenvalue weighted by atomic mass is 16.5. The molecular weight excluding hydrogens is 230 g/mol. The zero-order chi connectivity index (χ0) is 12.4. The lowest BCUT2D eigenvalue weighted by atomic mass is 10.1. The molecular formula is C14H17NO3. The van der Waals surface area contributed by atoms with E-state index in [0.29, 0.717) is 6.61 Å². The van der Waals surface area contributed by atoms with E-state index in [1.54, 1.807) is 0 Å². The molecule has 0 bridgehead atoms. The molecule has 0 aromatic heterocycles. The van der Waals surface area contributed by atoms with Crippen LogP contribution in [0.4, 0.5) is 5.69 Å². The number of carbonyl (C=O) groups excluding carboxylic acids is 1. The van der Waals surface area contributed by atoms with E-state index in [1.807, 2.05) is 18.2 Å². The van der Waals surface area contributed by atoms with Gasteiger partial charge in [-0.15, -0.1) is 0 Å². The average Bonchev–Trinajstić information content (AvgIpc) is 2.92. The number of ether oxygens (including phenoxy) is 2. The SMILES string of the molecule is O=C(Nc1ccc2c(c1)CCCO2)C1CCCO1. The summed E-state index contributed by atoms with van der Waals surface area (Å²) >= 11 is 0. The summed E-state index contributed by atoms with van der Waals surface area (Å²) in [6.45, 7) is 1.48. The van der Waals surface area contributed by atoms with Crippen molar-refractivity contribution in [1.29, 1.82) is 0 Å². The Morgan fingerprint density at radius 1 is 1.28 bits per heavy atom. The van der Waals surface area contributed by atoms with E-state index >= 15 is 0 Å². The minimum Gasteiger partial charge on any atom is -0.493 e. The Kier molecular flexibility index (Phi) is 3.19. The Balaban J connectivity index is 1.70. The first-order valence-electron chi connectivity index (χ1n) is 6.51. The fourth-order valence-corrected chi connectivity index (χ4v) is 2.45. The van der Waals surface area contributed by atoms with Gasteiger partial charge in [0.15, 0.2) is 0 Å². The van der Waals surface area contributed by atoms with Crippen molar-refractivity contribution in [1.82, 2.24) is 0 Å². The summed E-state index contributed by atoms with van der Waals surface area (Å²) in [7, 11) is 0. The fraction of sp³-hybridized carbons (Fsp3) is 0.500. The van der Waals surface area contributed by atoms with Crippen molar-refractivity contribution in [2.75, 3.05) is 18.5 Å². The van der Waals surface area contributed by atoms with Gasteiger partial charge in [0.1, 0.15) is 11.9 Å². The van der Waals surface area contributed by atoms with Crippen LogP contribution in [-0.4, -0.2) is 25.2 Å². The molecule has 1 amide bonds. The van der Waals surface area contributed by atoms with Crippen molar-refractivity contribution in [3.05, 3.63) is 23.8 Å². The maximum atomic E-state index is 11.9. The number of fused-ring (bicyclic) bond motifs is 1. The van der Waals surface area contributed by atoms with Gasteiger partial charge in [0, 0.05) is 12.3 Å². The zero-order valence-corrected chi connectivity index (χ0v) is 10.3. The van der Waals surface area contributed by atoms with Crippen molar-refractivity contribution >= 4 is 11.6 Å². The minimum atomic E-state index is -0.280. The van der Waals surface area contributed by atoms with E-state index in [4.69, 9.17) is 9.47 Å². The Morgan fingerprint density at radius 2 is 2.22 bits per heavy atom. The summed E-state index contributed by atoms with van der Waals surface area (Å²) in [5.74, 6) is 0.903. The highest BCUT2D eigenvalue weighted by Gasteiger charge is 2.23. The van der Waals surface area contributed by atoms with Gasteiger partial charge in [-0.3, -0.25) is 4.79 Å². The first-order chi connectivity index (χ1) is 8.83. The molecule has 0 aliphatic carbocycles. The third-order valence-corrected chi connectivity index (χ3v) is 3.40. The lowest BCUT2D eigenvalue weighted by molar-refractivity contribution is -0.124. The van der Waals surface area contributed by atoms with E-state index in [9.17, 15) is 4.79 Å². The van der Waals surface area contributed by atoms with E-state index < -0.39 is 0 Å². The van der Waals surface area contributed by atoms with E-state index in [-0.39, 0.29) is 12.0 Å². The van der Waals surface area contributed by atoms with Gasteiger partial charge in [-0.1, -0.05) is 0 Å². The highest BCUT2D eigenvalue weighted by Crippen LogP contribution is 2.27. The maximum absolute atomic E-state index is 11.9. The first kappa shape index (κ1) is 11.5. The molecule has 1 aromatic rings. The predicted molar refractivity (Wildman–Crippen MR) is 67.9 cm³/mol. The number of rotatable bonds is 2. The Hall–Kier alpha value is -1.55. The van der Waals surface area contributed by atoms with Gasteiger partial charge in [-0.2, -0.15) is 0 Å². The smallest absolute Gasteiger partial charge is 0.253 e. The molecule has 0 saturated carbocycles. The van der Waals surface area contributed by atoms with Crippen LogP contribution >= 0.6 is 0 Å². The van der Waals surface area contributed by atoms with Crippen LogP contribution in [0.1, 0.15) is 24.8 Å². The van der Waals surface area contributed by atoms with Gasteiger partial charge < -0.3 is 14.8 Å². The van der Waals surface area contributed by atoms with Crippen LogP contribution in [0.15, 0.2) is 18.2 Å². The van der Waals surface area contributed by atoms with Crippen molar-refractivity contribution < 1.29 is 14.3 Å². The lowest BCUT2D eigenvalue weighted by Gasteiger charge is -2.18. The normalized spacial score (nSPS) is 22.1. The molecule has 1 fully saturated rings. The molecule has 1 N–H and O–H groups in total. The largest absolute Gasteiger partial charge is 0.493 e. The van der Waals surface area contributed by atoms with Crippen molar-refractivity contribution in [2.24, 2.45) is 0 Å². The standard InChI is InChI=1S/C14H17NO3/c16-14(13-4-2-8-18-13)15-11-5-6-12-10(9-11)3-1-7-17-12/h5-6,9,13H,1-4,7-8H2,(H,15,16). The van der Waals surface area contributed by atoms with E-state index in [1.165, 1.54) is 5.56 Å². The predicted octanol–water partition coefficient (Wildman–Crippen LogP) is 2.13. The Labute approximate surface area is 106 Å². The molecule has 0 spiro atoms. The molecule has 4 nitrogen and oxygen atoms in total. The number of anilines is 1. The average molecular weight is 247 g/mol. The van der Waals surface area contributed by atoms with E-state index in [0.717, 1.165) is 43.7 Å². The second kappa shape index (κ2) is 4.98. The van der Waals surface area contributed by atoms with Gasteiger partial charge >= 0.3 is 0 Å². The summed E-state index contributed by atoms with van der Waals surface area (Å²) in [5.41, 5.74) is 2.01. The van der Waals surface area contributed by atoms with Crippen LogP contribution in [0.2, 0.25) is 0 Å². The third kappa shape index (κ3) is 2.34. The minimum absolute atomic E-state index is 0.0378. The summed E-state index contributed by atoms with van der Waals surface area (Å²) in [4.78, 5) is 11.9. The molecule has 2 aliphatic rings. The number of hydrogen-bond acceptors (Lipinski definition) is 3. The molecule has 1 aromatic carbocycles. The number of carbonyl (C=O) groups is 1. The zero-order valence-electron chi connectivity index (χ0n) is 10.3. The summed E-state index contributed by atoms with van der Waals surface area (Å²) in [6, 6.07) is 5.82. The van der Waals surface area contributed by atoms with Crippen LogP contribution < -0.4 is 10.1 Å². The molecule has 0 radical (unpaired) electrons. The molecule has 2 aliphatic heterocycles. The van der Waals surface area contributed by atoms with Crippen LogP contribution in [0.25, 0.3) is 0 Å². The van der Waals surface area contributed by atoms with Gasteiger partial charge in [0.05, 0.1) is 6.61 Å².